The maximum Gasteiger partial charge on any atom is 0.325 e. The van der Waals surface area contributed by atoms with Crippen molar-refractivity contribution in [1.29, 1.82) is 0 Å². The fourth-order valence-electron chi connectivity index (χ4n) is 4.29. The second-order valence-electron chi connectivity index (χ2n) is 8.55. The number of aromatic hydroxyl groups is 1. The van der Waals surface area contributed by atoms with E-state index in [0.717, 1.165) is 11.4 Å². The maximum atomic E-state index is 10.1. The van der Waals surface area contributed by atoms with Crippen molar-refractivity contribution in [2.45, 2.75) is 18.8 Å². The van der Waals surface area contributed by atoms with Gasteiger partial charge in [0.2, 0.25) is 5.88 Å². The van der Waals surface area contributed by atoms with E-state index >= 15 is 0 Å². The number of pyridine rings is 1. The Morgan fingerprint density at radius 2 is 1.61 bits per heavy atom. The molecule has 5 rings (SSSR count). The third-order valence-electron chi connectivity index (χ3n) is 6.36. The van der Waals surface area contributed by atoms with Crippen LogP contribution in [-0.4, -0.2) is 52.1 Å². The second-order valence-corrected chi connectivity index (χ2v) is 8.55. The molecule has 0 amide bonds. The minimum absolute atomic E-state index is 0.0820. The van der Waals surface area contributed by atoms with Gasteiger partial charge in [0.15, 0.2) is 0 Å². The third kappa shape index (κ3) is 4.59. The van der Waals surface area contributed by atoms with Gasteiger partial charge < -0.3 is 19.6 Å². The topological polar surface area (TPSA) is 74.6 Å². The molecule has 3 heterocycles. The van der Waals surface area contributed by atoms with Crippen LogP contribution in [0.2, 0.25) is 0 Å². The first-order valence-electron chi connectivity index (χ1n) is 11.2. The number of fused-ring (bicyclic) bond motifs is 1. The summed E-state index contributed by atoms with van der Waals surface area (Å²) in [7, 11) is 4.25. The Balaban J connectivity index is 1.27. The average molecular weight is 442 g/mol. The number of likely N-dealkylation sites (tertiary alicyclic amines) is 1. The summed E-state index contributed by atoms with van der Waals surface area (Å²) in [6, 6.07) is 18.4. The second kappa shape index (κ2) is 9.03. The number of hydrogen-bond acceptors (Lipinski definition) is 7. The Bertz CT molecular complexity index is 1240. The van der Waals surface area contributed by atoms with Gasteiger partial charge in [-0.3, -0.25) is 4.98 Å². The van der Waals surface area contributed by atoms with Gasteiger partial charge in [-0.15, -0.1) is 0 Å². The van der Waals surface area contributed by atoms with Crippen molar-refractivity contribution < 1.29 is 9.84 Å². The zero-order valence-corrected chi connectivity index (χ0v) is 18.8. The van der Waals surface area contributed by atoms with E-state index in [-0.39, 0.29) is 11.9 Å². The standard InChI is InChI=1S/C26H27N5O2/c1-30-15-12-19(13-16-30)18-3-5-20(6-4-18)31(2)21-7-9-22(10-8-21)33-26-28-24-17-27-14-11-23(24)25(32)29-26/h3-11,14,17,19H,12-13,15-16H2,1-2H3,(H,28,29,32). The number of hydrogen-bond donors (Lipinski definition) is 1. The maximum absolute atomic E-state index is 10.1. The van der Waals surface area contributed by atoms with Crippen molar-refractivity contribution in [3.8, 4) is 17.6 Å². The van der Waals surface area contributed by atoms with Crippen LogP contribution in [0, 0.1) is 0 Å². The third-order valence-corrected chi connectivity index (χ3v) is 6.36. The van der Waals surface area contributed by atoms with Gasteiger partial charge in [0, 0.05) is 24.6 Å². The van der Waals surface area contributed by atoms with E-state index in [1.165, 1.54) is 31.5 Å². The van der Waals surface area contributed by atoms with Crippen LogP contribution in [0.1, 0.15) is 24.3 Å². The molecule has 2 aromatic heterocycles. The van der Waals surface area contributed by atoms with Gasteiger partial charge in [-0.05, 0) is 86.9 Å². The number of anilines is 2. The molecule has 7 nitrogen and oxygen atoms in total. The molecule has 168 valence electrons. The largest absolute Gasteiger partial charge is 0.493 e. The SMILES string of the molecule is CN1CCC(c2ccc(N(C)c3ccc(Oc4nc(O)c5ccncc5n4)cc3)cc2)CC1. The molecule has 1 aliphatic heterocycles. The zero-order valence-electron chi connectivity index (χ0n) is 18.8. The van der Waals surface area contributed by atoms with E-state index in [1.54, 1.807) is 18.5 Å². The van der Waals surface area contributed by atoms with Gasteiger partial charge in [0.25, 0.3) is 0 Å². The number of rotatable bonds is 5. The van der Waals surface area contributed by atoms with Crippen molar-refractivity contribution in [2.75, 3.05) is 32.1 Å². The zero-order chi connectivity index (χ0) is 22.8. The normalized spacial score (nSPS) is 15.0. The lowest BCUT2D eigenvalue weighted by molar-refractivity contribution is 0.255. The first kappa shape index (κ1) is 21.2. The van der Waals surface area contributed by atoms with E-state index in [4.69, 9.17) is 4.74 Å². The van der Waals surface area contributed by atoms with E-state index in [2.05, 4.69) is 63.1 Å². The summed E-state index contributed by atoms with van der Waals surface area (Å²) in [6.07, 6.45) is 5.60. The number of nitrogens with zero attached hydrogens (tertiary/aromatic N) is 5. The highest BCUT2D eigenvalue weighted by Crippen LogP contribution is 2.32. The van der Waals surface area contributed by atoms with Crippen LogP contribution >= 0.6 is 0 Å². The average Bonchev–Trinajstić information content (AvgIpc) is 2.85. The van der Waals surface area contributed by atoms with E-state index in [9.17, 15) is 5.11 Å². The fourth-order valence-corrected chi connectivity index (χ4v) is 4.29. The molecule has 0 spiro atoms. The first-order valence-corrected chi connectivity index (χ1v) is 11.2. The van der Waals surface area contributed by atoms with Crippen molar-refractivity contribution in [2.24, 2.45) is 0 Å². The molecule has 2 aromatic carbocycles. The smallest absolute Gasteiger partial charge is 0.325 e. The molecule has 0 radical (unpaired) electrons. The Kier molecular flexibility index (Phi) is 5.79. The highest BCUT2D eigenvalue weighted by molar-refractivity contribution is 5.82. The van der Waals surface area contributed by atoms with E-state index in [0.29, 0.717) is 22.6 Å². The highest BCUT2D eigenvalue weighted by Gasteiger charge is 2.18. The lowest BCUT2D eigenvalue weighted by Crippen LogP contribution is -2.29. The molecule has 1 saturated heterocycles. The number of aromatic nitrogens is 3. The summed E-state index contributed by atoms with van der Waals surface area (Å²) in [6.45, 7) is 2.34. The Labute approximate surface area is 193 Å². The molecule has 33 heavy (non-hydrogen) atoms. The molecule has 7 heteroatoms. The van der Waals surface area contributed by atoms with Crippen molar-refractivity contribution in [3.63, 3.8) is 0 Å². The van der Waals surface area contributed by atoms with Crippen LogP contribution < -0.4 is 9.64 Å². The molecule has 0 aliphatic carbocycles. The summed E-state index contributed by atoms with van der Waals surface area (Å²) in [5.74, 6) is 1.12. The Hall–Kier alpha value is -3.71. The van der Waals surface area contributed by atoms with Crippen molar-refractivity contribution in [1.82, 2.24) is 19.9 Å². The van der Waals surface area contributed by atoms with E-state index < -0.39 is 0 Å². The summed E-state index contributed by atoms with van der Waals surface area (Å²) in [5, 5.41) is 10.7. The minimum Gasteiger partial charge on any atom is -0.493 e. The van der Waals surface area contributed by atoms with Crippen LogP contribution in [-0.2, 0) is 0 Å². The first-order chi connectivity index (χ1) is 16.1. The monoisotopic (exact) mass is 441 g/mol. The summed E-state index contributed by atoms with van der Waals surface area (Å²) in [4.78, 5) is 16.9. The molecule has 1 fully saturated rings. The molecule has 0 atom stereocenters. The van der Waals surface area contributed by atoms with Gasteiger partial charge in [-0.2, -0.15) is 9.97 Å². The summed E-state index contributed by atoms with van der Waals surface area (Å²) in [5.41, 5.74) is 4.13. The van der Waals surface area contributed by atoms with Crippen LogP contribution in [0.25, 0.3) is 10.9 Å². The van der Waals surface area contributed by atoms with Gasteiger partial charge in [0.05, 0.1) is 17.1 Å². The molecule has 0 saturated carbocycles. The van der Waals surface area contributed by atoms with Crippen LogP contribution in [0.4, 0.5) is 11.4 Å². The predicted octanol–water partition coefficient (Wildman–Crippen LogP) is 5.10. The van der Waals surface area contributed by atoms with Gasteiger partial charge >= 0.3 is 6.01 Å². The van der Waals surface area contributed by atoms with Crippen LogP contribution in [0.3, 0.4) is 0 Å². The van der Waals surface area contributed by atoms with Crippen molar-refractivity contribution >= 4 is 22.3 Å². The van der Waals surface area contributed by atoms with Gasteiger partial charge in [0.1, 0.15) is 5.75 Å². The summed E-state index contributed by atoms with van der Waals surface area (Å²) >= 11 is 0. The highest BCUT2D eigenvalue weighted by atomic mass is 16.5. The van der Waals surface area contributed by atoms with E-state index in [1.807, 2.05) is 24.3 Å². The molecule has 1 aliphatic rings. The fraction of sp³-hybridized carbons (Fsp3) is 0.269. The predicted molar refractivity (Wildman–Crippen MR) is 129 cm³/mol. The molecule has 1 N–H and O–H groups in total. The Morgan fingerprint density at radius 1 is 0.939 bits per heavy atom. The van der Waals surface area contributed by atoms with Crippen molar-refractivity contribution in [3.05, 3.63) is 72.6 Å². The number of piperidine rings is 1. The molecule has 0 bridgehead atoms. The van der Waals surface area contributed by atoms with Gasteiger partial charge in [-0.1, -0.05) is 12.1 Å². The quantitative estimate of drug-likeness (QED) is 0.462. The number of ether oxygens (including phenoxy) is 1. The molecule has 4 aromatic rings. The minimum atomic E-state index is -0.127. The number of benzene rings is 2. The molecular formula is C26H27N5O2. The molecular weight excluding hydrogens is 414 g/mol. The van der Waals surface area contributed by atoms with Crippen LogP contribution in [0.15, 0.2) is 67.0 Å². The lowest BCUT2D eigenvalue weighted by atomic mass is 9.89. The molecule has 0 unspecified atom stereocenters. The Morgan fingerprint density at radius 3 is 2.30 bits per heavy atom. The lowest BCUT2D eigenvalue weighted by Gasteiger charge is -2.29. The van der Waals surface area contributed by atoms with Crippen LogP contribution in [0.5, 0.6) is 17.6 Å². The van der Waals surface area contributed by atoms with Gasteiger partial charge in [-0.25, -0.2) is 0 Å². The summed E-state index contributed by atoms with van der Waals surface area (Å²) < 4.78 is 5.77.